The number of benzene rings is 2. The van der Waals surface area contributed by atoms with E-state index in [2.05, 4.69) is 29.6 Å². The van der Waals surface area contributed by atoms with E-state index in [4.69, 9.17) is 46.4 Å². The lowest BCUT2D eigenvalue weighted by atomic mass is 10.00. The summed E-state index contributed by atoms with van der Waals surface area (Å²) in [7, 11) is 0. The van der Waals surface area contributed by atoms with Gasteiger partial charge in [-0.1, -0.05) is 82.8 Å². The average Bonchev–Trinajstić information content (AvgIpc) is 2.67. The van der Waals surface area contributed by atoms with Crippen molar-refractivity contribution in [2.24, 2.45) is 0 Å². The summed E-state index contributed by atoms with van der Waals surface area (Å²) in [5, 5.41) is 16.5. The van der Waals surface area contributed by atoms with Crippen molar-refractivity contribution >= 4 is 52.5 Å². The number of alkyl halides is 3. The summed E-state index contributed by atoms with van der Waals surface area (Å²) in [6.07, 6.45) is -0.473. The first-order chi connectivity index (χ1) is 13.7. The Morgan fingerprint density at radius 1 is 1.10 bits per heavy atom. The van der Waals surface area contributed by atoms with Crippen LogP contribution in [-0.4, -0.2) is 57.2 Å². The first-order valence-electron chi connectivity index (χ1n) is 9.12. The van der Waals surface area contributed by atoms with Crippen LogP contribution in [0.3, 0.4) is 0 Å². The predicted octanol–water partition coefficient (Wildman–Crippen LogP) is 5.09. The van der Waals surface area contributed by atoms with Crippen LogP contribution < -0.4 is 5.32 Å². The van der Waals surface area contributed by atoms with Crippen molar-refractivity contribution < 1.29 is 9.90 Å². The highest BCUT2D eigenvalue weighted by molar-refractivity contribution is 6.67. The zero-order valence-electron chi connectivity index (χ0n) is 15.5. The lowest BCUT2D eigenvalue weighted by Crippen LogP contribution is -2.61. The fraction of sp³-hybridized carbons (Fsp3) is 0.350. The van der Waals surface area contributed by atoms with Crippen molar-refractivity contribution in [1.29, 1.82) is 0 Å². The zero-order chi connectivity index (χ0) is 21.0. The molecule has 9 heteroatoms. The molecule has 1 atom stereocenters. The standard InChI is InChI=1S/C20H21Cl4N3O2/c21-17-7-5-16(6-8-17)15-3-1-14(2-4-15)11-18-12-25-9-10-26(18)27(19(28)29)13-20(22,23)24/h1-8,18,25H,9-13H2,(H,28,29)/t18-/m0/s1. The van der Waals surface area contributed by atoms with E-state index in [9.17, 15) is 9.90 Å². The van der Waals surface area contributed by atoms with Crippen LogP contribution in [0.4, 0.5) is 4.79 Å². The van der Waals surface area contributed by atoms with Crippen molar-refractivity contribution in [3.8, 4) is 11.1 Å². The molecule has 1 fully saturated rings. The predicted molar refractivity (Wildman–Crippen MR) is 119 cm³/mol. The van der Waals surface area contributed by atoms with Crippen LogP contribution in [0.2, 0.25) is 5.02 Å². The molecule has 2 aromatic rings. The minimum Gasteiger partial charge on any atom is -0.464 e. The summed E-state index contributed by atoms with van der Waals surface area (Å²) in [5.41, 5.74) is 3.27. The molecule has 0 radical (unpaired) electrons. The van der Waals surface area contributed by atoms with Crippen molar-refractivity contribution in [3.63, 3.8) is 0 Å². The summed E-state index contributed by atoms with van der Waals surface area (Å²) in [6, 6.07) is 15.8. The number of carbonyl (C=O) groups is 1. The van der Waals surface area contributed by atoms with Gasteiger partial charge in [0.05, 0.1) is 6.54 Å². The van der Waals surface area contributed by atoms with Crippen molar-refractivity contribution in [2.75, 3.05) is 26.2 Å². The highest BCUT2D eigenvalue weighted by Gasteiger charge is 2.35. The summed E-state index contributed by atoms with van der Waals surface area (Å²) in [6.45, 7) is 1.60. The van der Waals surface area contributed by atoms with Gasteiger partial charge in [-0.2, -0.15) is 0 Å². The van der Waals surface area contributed by atoms with E-state index >= 15 is 0 Å². The van der Waals surface area contributed by atoms with E-state index < -0.39 is 9.89 Å². The molecule has 29 heavy (non-hydrogen) atoms. The number of hydrogen-bond donors (Lipinski definition) is 2. The third-order valence-corrected chi connectivity index (χ3v) is 5.39. The van der Waals surface area contributed by atoms with Gasteiger partial charge in [0, 0.05) is 30.7 Å². The van der Waals surface area contributed by atoms with E-state index in [1.807, 2.05) is 24.3 Å². The normalized spacial score (nSPS) is 17.9. The van der Waals surface area contributed by atoms with Crippen molar-refractivity contribution in [2.45, 2.75) is 16.3 Å². The molecular weight excluding hydrogens is 456 g/mol. The second-order valence-electron chi connectivity index (χ2n) is 6.88. The van der Waals surface area contributed by atoms with Gasteiger partial charge in [-0.25, -0.2) is 14.8 Å². The van der Waals surface area contributed by atoms with Gasteiger partial charge in [0.1, 0.15) is 0 Å². The molecule has 0 unspecified atom stereocenters. The lowest BCUT2D eigenvalue weighted by Gasteiger charge is -2.42. The maximum Gasteiger partial charge on any atom is 0.422 e. The highest BCUT2D eigenvalue weighted by atomic mass is 35.6. The fourth-order valence-corrected chi connectivity index (χ4v) is 3.90. The number of nitrogens with zero attached hydrogens (tertiary/aromatic N) is 2. The van der Waals surface area contributed by atoms with E-state index in [1.165, 1.54) is 0 Å². The van der Waals surface area contributed by atoms with Gasteiger partial charge in [-0.3, -0.25) is 0 Å². The Balaban J connectivity index is 1.74. The second-order valence-corrected chi connectivity index (χ2v) is 9.84. The number of carboxylic acid groups (broad SMARTS) is 1. The molecule has 0 spiro atoms. The molecule has 0 saturated carbocycles. The maximum absolute atomic E-state index is 11.8. The third-order valence-electron chi connectivity index (χ3n) is 4.78. The summed E-state index contributed by atoms with van der Waals surface area (Å²) >= 11 is 23.5. The molecule has 5 nitrogen and oxygen atoms in total. The molecule has 1 amide bonds. The molecule has 2 N–H and O–H groups in total. The number of amides is 1. The molecule has 1 aliphatic heterocycles. The van der Waals surface area contributed by atoms with Crippen LogP contribution in [0.1, 0.15) is 5.56 Å². The van der Waals surface area contributed by atoms with Gasteiger partial charge in [-0.05, 0) is 35.2 Å². The van der Waals surface area contributed by atoms with E-state index in [0.717, 1.165) is 21.7 Å². The minimum atomic E-state index is -1.69. The molecule has 0 aliphatic carbocycles. The summed E-state index contributed by atoms with van der Waals surface area (Å²) in [5.74, 6) is 0. The van der Waals surface area contributed by atoms with Crippen LogP contribution in [0, 0.1) is 0 Å². The Morgan fingerprint density at radius 3 is 2.24 bits per heavy atom. The first kappa shape index (κ1) is 22.5. The molecule has 0 bridgehead atoms. The van der Waals surface area contributed by atoms with Crippen LogP contribution in [-0.2, 0) is 6.42 Å². The van der Waals surface area contributed by atoms with Gasteiger partial charge < -0.3 is 10.4 Å². The van der Waals surface area contributed by atoms with E-state index in [0.29, 0.717) is 31.1 Å². The summed E-state index contributed by atoms with van der Waals surface area (Å²) in [4.78, 5) is 11.8. The SMILES string of the molecule is O=C(O)N(CC(Cl)(Cl)Cl)N1CCNC[C@@H]1Cc1ccc(-c2ccc(Cl)cc2)cc1. The molecule has 1 aliphatic rings. The number of nitrogens with one attached hydrogen (secondary N) is 1. The number of hydrogen-bond acceptors (Lipinski definition) is 3. The first-order valence-corrected chi connectivity index (χ1v) is 10.6. The molecule has 2 aromatic carbocycles. The minimum absolute atomic E-state index is 0.0754. The second kappa shape index (κ2) is 9.73. The largest absolute Gasteiger partial charge is 0.464 e. The average molecular weight is 477 g/mol. The summed E-state index contributed by atoms with van der Waals surface area (Å²) < 4.78 is -1.69. The Morgan fingerprint density at radius 2 is 1.69 bits per heavy atom. The number of piperazine rings is 1. The zero-order valence-corrected chi connectivity index (χ0v) is 18.5. The van der Waals surface area contributed by atoms with Gasteiger partial charge in [-0.15, -0.1) is 0 Å². The topological polar surface area (TPSA) is 55.8 Å². The van der Waals surface area contributed by atoms with Crippen LogP contribution >= 0.6 is 46.4 Å². The number of halogens is 4. The van der Waals surface area contributed by atoms with Crippen molar-refractivity contribution in [3.05, 3.63) is 59.1 Å². The quantitative estimate of drug-likeness (QED) is 0.590. The maximum atomic E-state index is 11.8. The third kappa shape index (κ3) is 6.38. The van der Waals surface area contributed by atoms with Gasteiger partial charge in [0.2, 0.25) is 3.79 Å². The Kier molecular flexibility index (Phi) is 7.54. The Hall–Kier alpha value is -1.21. The van der Waals surface area contributed by atoms with Crippen LogP contribution in [0.25, 0.3) is 11.1 Å². The molecule has 156 valence electrons. The highest BCUT2D eigenvalue weighted by Crippen LogP contribution is 2.29. The molecule has 1 heterocycles. The monoisotopic (exact) mass is 475 g/mol. The van der Waals surface area contributed by atoms with Gasteiger partial charge in [0.15, 0.2) is 0 Å². The van der Waals surface area contributed by atoms with Crippen LogP contribution in [0.5, 0.6) is 0 Å². The van der Waals surface area contributed by atoms with Crippen LogP contribution in [0.15, 0.2) is 48.5 Å². The van der Waals surface area contributed by atoms with E-state index in [1.54, 1.807) is 5.01 Å². The van der Waals surface area contributed by atoms with Crippen molar-refractivity contribution in [1.82, 2.24) is 15.3 Å². The smallest absolute Gasteiger partial charge is 0.422 e. The molecule has 3 rings (SSSR count). The molecular formula is C20H21Cl4N3O2. The number of hydrazine groups is 1. The Labute approximate surface area is 190 Å². The molecule has 1 saturated heterocycles. The lowest BCUT2D eigenvalue weighted by molar-refractivity contribution is -0.0511. The van der Waals surface area contributed by atoms with E-state index in [-0.39, 0.29) is 12.6 Å². The Bertz CT molecular complexity index is 825. The molecule has 0 aromatic heterocycles. The fourth-order valence-electron chi connectivity index (χ4n) is 3.43. The van der Waals surface area contributed by atoms with Gasteiger partial charge in [0.25, 0.3) is 0 Å². The number of rotatable bonds is 5. The van der Waals surface area contributed by atoms with Gasteiger partial charge >= 0.3 is 6.09 Å².